The van der Waals surface area contributed by atoms with Crippen molar-refractivity contribution in [2.75, 3.05) is 0 Å². The van der Waals surface area contributed by atoms with Crippen LogP contribution in [0.4, 0.5) is 0 Å². The summed E-state index contributed by atoms with van der Waals surface area (Å²) < 4.78 is 7.52. The molecule has 2 rings (SSSR count). The monoisotopic (exact) mass is 438 g/mol. The fourth-order valence-electron chi connectivity index (χ4n) is 1.95. The van der Waals surface area contributed by atoms with Crippen molar-refractivity contribution in [1.29, 1.82) is 0 Å². The number of benzene rings is 2. The molecule has 6 heteroatoms. The van der Waals surface area contributed by atoms with Crippen molar-refractivity contribution in [1.82, 2.24) is 5.43 Å². The molecule has 0 spiro atoms. The number of rotatable bonds is 5. The maximum Gasteiger partial charge on any atom is 0.236 e. The van der Waals surface area contributed by atoms with Gasteiger partial charge in [0, 0.05) is 6.92 Å². The zero-order chi connectivity index (χ0) is 16.8. The quantitative estimate of drug-likeness (QED) is 0.548. The topological polar surface area (TPSA) is 50.7 Å². The SMILES string of the molecule is CC(=O)N/N=C\c1cc(Br)c(OCc2cccc(C)c2)c(Br)c1. The number of nitrogens with zero attached hydrogens (tertiary/aromatic N) is 1. The fraction of sp³-hybridized carbons (Fsp3) is 0.176. The maximum absolute atomic E-state index is 10.8. The van der Waals surface area contributed by atoms with Gasteiger partial charge in [-0.2, -0.15) is 5.10 Å². The lowest BCUT2D eigenvalue weighted by molar-refractivity contribution is -0.118. The summed E-state index contributed by atoms with van der Waals surface area (Å²) in [7, 11) is 0. The van der Waals surface area contributed by atoms with Gasteiger partial charge in [-0.05, 0) is 62.0 Å². The second kappa shape index (κ2) is 8.26. The Kier molecular flexibility index (Phi) is 6.36. The third-order valence-electron chi connectivity index (χ3n) is 2.92. The van der Waals surface area contributed by atoms with Crippen molar-refractivity contribution >= 4 is 44.0 Å². The Labute approximate surface area is 152 Å². The van der Waals surface area contributed by atoms with E-state index < -0.39 is 0 Å². The molecule has 0 aliphatic rings. The number of amides is 1. The van der Waals surface area contributed by atoms with Gasteiger partial charge < -0.3 is 4.74 Å². The number of hydrogen-bond acceptors (Lipinski definition) is 3. The molecular formula is C17H16Br2N2O2. The lowest BCUT2D eigenvalue weighted by Gasteiger charge is -2.11. The zero-order valence-corrected chi connectivity index (χ0v) is 15.9. The van der Waals surface area contributed by atoms with Gasteiger partial charge in [0.15, 0.2) is 0 Å². The van der Waals surface area contributed by atoms with Crippen LogP contribution in [0, 0.1) is 6.92 Å². The average molecular weight is 440 g/mol. The van der Waals surface area contributed by atoms with E-state index in [4.69, 9.17) is 4.74 Å². The Morgan fingerprint density at radius 2 is 1.96 bits per heavy atom. The van der Waals surface area contributed by atoms with Crippen LogP contribution >= 0.6 is 31.9 Å². The molecule has 1 N–H and O–H groups in total. The van der Waals surface area contributed by atoms with Gasteiger partial charge >= 0.3 is 0 Å². The summed E-state index contributed by atoms with van der Waals surface area (Å²) >= 11 is 7.01. The Morgan fingerprint density at radius 3 is 2.57 bits per heavy atom. The minimum absolute atomic E-state index is 0.211. The van der Waals surface area contributed by atoms with E-state index in [1.807, 2.05) is 24.3 Å². The van der Waals surface area contributed by atoms with E-state index >= 15 is 0 Å². The van der Waals surface area contributed by atoms with E-state index in [0.29, 0.717) is 6.61 Å². The summed E-state index contributed by atoms with van der Waals surface area (Å²) in [4.78, 5) is 10.8. The van der Waals surface area contributed by atoms with Gasteiger partial charge in [0.05, 0.1) is 15.2 Å². The third kappa shape index (κ3) is 5.48. The smallest absolute Gasteiger partial charge is 0.236 e. The molecule has 0 atom stereocenters. The van der Waals surface area contributed by atoms with Crippen LogP contribution in [-0.2, 0) is 11.4 Å². The second-order valence-electron chi connectivity index (χ2n) is 5.02. The molecule has 0 heterocycles. The Balaban J connectivity index is 2.11. The molecule has 0 saturated heterocycles. The molecule has 0 fully saturated rings. The highest BCUT2D eigenvalue weighted by molar-refractivity contribution is 9.11. The van der Waals surface area contributed by atoms with Gasteiger partial charge in [0.1, 0.15) is 12.4 Å². The largest absolute Gasteiger partial charge is 0.487 e. The Bertz CT molecular complexity index is 722. The lowest BCUT2D eigenvalue weighted by Crippen LogP contribution is -2.12. The molecule has 0 aliphatic heterocycles. The summed E-state index contributed by atoms with van der Waals surface area (Å²) in [6, 6.07) is 11.9. The molecule has 0 saturated carbocycles. The van der Waals surface area contributed by atoms with Gasteiger partial charge in [0.25, 0.3) is 0 Å². The predicted molar refractivity (Wildman–Crippen MR) is 98.8 cm³/mol. The summed E-state index contributed by atoms with van der Waals surface area (Å²) in [6.45, 7) is 3.95. The molecule has 1 amide bonds. The molecule has 0 aromatic heterocycles. The number of carbonyl (C=O) groups excluding carboxylic acids is 1. The van der Waals surface area contributed by atoms with E-state index in [9.17, 15) is 4.79 Å². The molecule has 2 aromatic carbocycles. The van der Waals surface area contributed by atoms with Crippen molar-refractivity contribution in [3.05, 3.63) is 62.0 Å². The number of aryl methyl sites for hydroxylation is 1. The molecular weight excluding hydrogens is 424 g/mol. The number of ether oxygens (including phenoxy) is 1. The molecule has 23 heavy (non-hydrogen) atoms. The first-order valence-electron chi connectivity index (χ1n) is 6.92. The first-order chi connectivity index (χ1) is 11.0. The standard InChI is InChI=1S/C17H16Br2N2O2/c1-11-4-3-5-13(6-11)10-23-17-15(18)7-14(8-16(17)19)9-20-21-12(2)22/h3-9H,10H2,1-2H3,(H,21,22)/b20-9-. The van der Waals surface area contributed by atoms with E-state index in [2.05, 4.69) is 61.4 Å². The van der Waals surface area contributed by atoms with Gasteiger partial charge in [-0.15, -0.1) is 0 Å². The molecule has 4 nitrogen and oxygen atoms in total. The molecule has 0 bridgehead atoms. The molecule has 120 valence electrons. The average Bonchev–Trinajstić information content (AvgIpc) is 2.46. The highest BCUT2D eigenvalue weighted by Gasteiger charge is 2.09. The van der Waals surface area contributed by atoms with E-state index in [0.717, 1.165) is 25.8 Å². The van der Waals surface area contributed by atoms with Crippen LogP contribution in [0.2, 0.25) is 0 Å². The van der Waals surface area contributed by atoms with Crippen molar-refractivity contribution in [2.24, 2.45) is 5.10 Å². The highest BCUT2D eigenvalue weighted by Crippen LogP contribution is 2.35. The van der Waals surface area contributed by atoms with Crippen LogP contribution in [0.15, 0.2) is 50.4 Å². The minimum atomic E-state index is -0.211. The molecule has 0 radical (unpaired) electrons. The van der Waals surface area contributed by atoms with Crippen molar-refractivity contribution in [2.45, 2.75) is 20.5 Å². The van der Waals surface area contributed by atoms with Crippen LogP contribution < -0.4 is 10.2 Å². The summed E-state index contributed by atoms with van der Waals surface area (Å²) in [5.41, 5.74) is 5.52. The summed E-state index contributed by atoms with van der Waals surface area (Å²) in [5, 5.41) is 3.85. The molecule has 2 aromatic rings. The second-order valence-corrected chi connectivity index (χ2v) is 6.73. The third-order valence-corrected chi connectivity index (χ3v) is 4.10. The number of halogens is 2. The van der Waals surface area contributed by atoms with Gasteiger partial charge in [0.2, 0.25) is 5.91 Å². The van der Waals surface area contributed by atoms with E-state index in [1.165, 1.54) is 12.5 Å². The predicted octanol–water partition coefficient (Wildman–Crippen LogP) is 4.57. The van der Waals surface area contributed by atoms with Crippen LogP contribution in [0.3, 0.4) is 0 Å². The Morgan fingerprint density at radius 1 is 1.26 bits per heavy atom. The normalized spacial score (nSPS) is 10.8. The fourth-order valence-corrected chi connectivity index (χ4v) is 3.40. The Hall–Kier alpha value is -1.66. The summed E-state index contributed by atoms with van der Waals surface area (Å²) in [5.74, 6) is 0.515. The van der Waals surface area contributed by atoms with Gasteiger partial charge in [-0.25, -0.2) is 5.43 Å². The molecule has 0 aliphatic carbocycles. The van der Waals surface area contributed by atoms with Crippen LogP contribution in [0.1, 0.15) is 23.6 Å². The van der Waals surface area contributed by atoms with E-state index in [1.54, 1.807) is 6.21 Å². The number of hydrazone groups is 1. The molecule has 0 unspecified atom stereocenters. The van der Waals surface area contributed by atoms with Crippen molar-refractivity contribution in [3.8, 4) is 5.75 Å². The minimum Gasteiger partial charge on any atom is -0.487 e. The first-order valence-corrected chi connectivity index (χ1v) is 8.51. The van der Waals surface area contributed by atoms with Crippen LogP contribution in [0.5, 0.6) is 5.75 Å². The van der Waals surface area contributed by atoms with E-state index in [-0.39, 0.29) is 5.91 Å². The van der Waals surface area contributed by atoms with Crippen molar-refractivity contribution in [3.63, 3.8) is 0 Å². The van der Waals surface area contributed by atoms with Gasteiger partial charge in [-0.3, -0.25) is 4.79 Å². The van der Waals surface area contributed by atoms with Crippen molar-refractivity contribution < 1.29 is 9.53 Å². The maximum atomic E-state index is 10.8. The van der Waals surface area contributed by atoms with Crippen LogP contribution in [-0.4, -0.2) is 12.1 Å². The number of carbonyl (C=O) groups is 1. The zero-order valence-electron chi connectivity index (χ0n) is 12.8. The lowest BCUT2D eigenvalue weighted by atomic mass is 10.1. The highest BCUT2D eigenvalue weighted by atomic mass is 79.9. The summed E-state index contributed by atoms with van der Waals surface area (Å²) in [6.07, 6.45) is 1.57. The first kappa shape index (κ1) is 17.7. The van der Waals surface area contributed by atoms with Gasteiger partial charge in [-0.1, -0.05) is 29.8 Å². The van der Waals surface area contributed by atoms with Crippen LogP contribution in [0.25, 0.3) is 0 Å². The number of nitrogens with one attached hydrogen (secondary N) is 1. The number of hydrogen-bond donors (Lipinski definition) is 1.